The Kier molecular flexibility index (Phi) is 5.86. The third-order valence-corrected chi connectivity index (χ3v) is 6.48. The van der Waals surface area contributed by atoms with Crippen molar-refractivity contribution in [2.24, 2.45) is 0 Å². The van der Waals surface area contributed by atoms with Gasteiger partial charge in [-0.1, -0.05) is 23.9 Å². The minimum absolute atomic E-state index is 0.0594. The van der Waals surface area contributed by atoms with Gasteiger partial charge in [0.15, 0.2) is 5.16 Å². The van der Waals surface area contributed by atoms with Gasteiger partial charge in [0, 0.05) is 43.1 Å². The molecule has 10 heteroatoms. The van der Waals surface area contributed by atoms with Crippen LogP contribution in [-0.2, 0) is 17.0 Å². The molecule has 33 heavy (non-hydrogen) atoms. The maximum Gasteiger partial charge on any atom is 0.262 e. The standard InChI is InChI=1S/C23H25N7O2S/c1-4-32-11-7-10-28-20(31)18-8-5-6-9-19(18)30-22(28)26-27-23(30)33-14-17-13-29-16(3)12-15(2)24-21(29)25-17/h5-6,8-9,12-13H,4,7,10-11,14H2,1-3H3. The third-order valence-electron chi connectivity index (χ3n) is 5.51. The Morgan fingerprint density at radius 3 is 2.82 bits per heavy atom. The van der Waals surface area contributed by atoms with E-state index in [0.29, 0.717) is 42.5 Å². The van der Waals surface area contributed by atoms with Gasteiger partial charge in [-0.3, -0.25) is 18.2 Å². The van der Waals surface area contributed by atoms with Gasteiger partial charge in [-0.25, -0.2) is 9.97 Å². The zero-order valence-electron chi connectivity index (χ0n) is 18.9. The molecule has 170 valence electrons. The van der Waals surface area contributed by atoms with Crippen LogP contribution in [0.25, 0.3) is 22.5 Å². The smallest absolute Gasteiger partial charge is 0.262 e. The van der Waals surface area contributed by atoms with Crippen LogP contribution in [0.15, 0.2) is 46.5 Å². The van der Waals surface area contributed by atoms with E-state index in [0.717, 1.165) is 34.2 Å². The van der Waals surface area contributed by atoms with Crippen LogP contribution in [0.3, 0.4) is 0 Å². The number of imidazole rings is 1. The highest BCUT2D eigenvalue weighted by Gasteiger charge is 2.17. The molecule has 4 heterocycles. The summed E-state index contributed by atoms with van der Waals surface area (Å²) in [6.45, 7) is 7.75. The Morgan fingerprint density at radius 1 is 1.12 bits per heavy atom. The van der Waals surface area contributed by atoms with Crippen LogP contribution in [0.4, 0.5) is 0 Å². The first-order valence-electron chi connectivity index (χ1n) is 11.0. The van der Waals surface area contributed by atoms with Crippen LogP contribution in [0.5, 0.6) is 0 Å². The summed E-state index contributed by atoms with van der Waals surface area (Å²) in [5.74, 6) is 1.85. The van der Waals surface area contributed by atoms with Crippen LogP contribution < -0.4 is 5.56 Å². The molecule has 0 spiro atoms. The van der Waals surface area contributed by atoms with Gasteiger partial charge in [-0.15, -0.1) is 10.2 Å². The molecule has 0 fully saturated rings. The molecule has 9 nitrogen and oxygen atoms in total. The van der Waals surface area contributed by atoms with Crippen molar-refractivity contribution in [3.63, 3.8) is 0 Å². The second-order valence-corrected chi connectivity index (χ2v) is 8.81. The topological polar surface area (TPSA) is 91.6 Å². The van der Waals surface area contributed by atoms with Crippen molar-refractivity contribution in [2.75, 3.05) is 13.2 Å². The fraction of sp³-hybridized carbons (Fsp3) is 0.348. The summed E-state index contributed by atoms with van der Waals surface area (Å²) < 4.78 is 11.1. The van der Waals surface area contributed by atoms with E-state index in [9.17, 15) is 4.79 Å². The number of rotatable bonds is 8. The Labute approximate surface area is 194 Å². The first kappa shape index (κ1) is 21.6. The molecule has 0 saturated carbocycles. The van der Waals surface area contributed by atoms with E-state index in [1.165, 1.54) is 0 Å². The molecule has 0 atom stereocenters. The molecular formula is C23H25N7O2S. The van der Waals surface area contributed by atoms with E-state index in [2.05, 4.69) is 20.2 Å². The highest BCUT2D eigenvalue weighted by molar-refractivity contribution is 7.98. The van der Waals surface area contributed by atoms with E-state index in [1.54, 1.807) is 16.3 Å². The maximum atomic E-state index is 13.2. The summed E-state index contributed by atoms with van der Waals surface area (Å²) >= 11 is 1.54. The van der Waals surface area contributed by atoms with Crippen molar-refractivity contribution in [3.05, 3.63) is 64.0 Å². The second-order valence-electron chi connectivity index (χ2n) is 7.87. The van der Waals surface area contributed by atoms with E-state index < -0.39 is 0 Å². The second kappa shape index (κ2) is 8.95. The highest BCUT2D eigenvalue weighted by atomic mass is 32.2. The third kappa shape index (κ3) is 4.00. The van der Waals surface area contributed by atoms with Crippen molar-refractivity contribution in [2.45, 2.75) is 44.6 Å². The van der Waals surface area contributed by atoms with Crippen molar-refractivity contribution < 1.29 is 4.74 Å². The number of benzene rings is 1. The van der Waals surface area contributed by atoms with Gasteiger partial charge >= 0.3 is 0 Å². The van der Waals surface area contributed by atoms with Gasteiger partial charge in [0.2, 0.25) is 11.6 Å². The summed E-state index contributed by atoms with van der Waals surface area (Å²) in [6, 6.07) is 9.62. The lowest BCUT2D eigenvalue weighted by Gasteiger charge is -2.11. The molecule has 0 radical (unpaired) electrons. The molecule has 1 aromatic carbocycles. The number of fused-ring (bicyclic) bond motifs is 4. The SMILES string of the molecule is CCOCCCn1c(=O)c2ccccc2n2c(SCc3cn4c(C)cc(C)nc4n3)nnc12. The summed E-state index contributed by atoms with van der Waals surface area (Å²) in [7, 11) is 0. The number of hydrogen-bond acceptors (Lipinski definition) is 7. The number of para-hydroxylation sites is 1. The minimum Gasteiger partial charge on any atom is -0.382 e. The average molecular weight is 464 g/mol. The molecule has 0 aliphatic rings. The molecule has 0 bridgehead atoms. The molecule has 0 aliphatic heterocycles. The molecule has 0 N–H and O–H groups in total. The Bertz CT molecular complexity index is 1520. The molecule has 5 rings (SSSR count). The van der Waals surface area contributed by atoms with Crippen LogP contribution in [0, 0.1) is 13.8 Å². The predicted molar refractivity (Wildman–Crippen MR) is 128 cm³/mol. The monoisotopic (exact) mass is 463 g/mol. The van der Waals surface area contributed by atoms with Crippen molar-refractivity contribution >= 4 is 34.2 Å². The lowest BCUT2D eigenvalue weighted by molar-refractivity contribution is 0.141. The van der Waals surface area contributed by atoms with Crippen LogP contribution in [0.1, 0.15) is 30.4 Å². The molecule has 0 saturated heterocycles. The van der Waals surface area contributed by atoms with Gasteiger partial charge in [0.05, 0.1) is 16.6 Å². The maximum absolute atomic E-state index is 13.2. The van der Waals surface area contributed by atoms with Gasteiger partial charge in [-0.2, -0.15) is 0 Å². The van der Waals surface area contributed by atoms with Crippen LogP contribution >= 0.6 is 11.8 Å². The summed E-state index contributed by atoms with van der Waals surface area (Å²) in [4.78, 5) is 22.4. The molecule has 4 aromatic heterocycles. The number of nitrogens with zero attached hydrogens (tertiary/aromatic N) is 7. The highest BCUT2D eigenvalue weighted by Crippen LogP contribution is 2.25. The number of aryl methyl sites for hydroxylation is 3. The van der Waals surface area contributed by atoms with E-state index >= 15 is 0 Å². The number of thioether (sulfide) groups is 1. The van der Waals surface area contributed by atoms with Gasteiger partial charge < -0.3 is 4.74 Å². The van der Waals surface area contributed by atoms with Gasteiger partial charge in [-0.05, 0) is 45.4 Å². The number of hydrogen-bond donors (Lipinski definition) is 0. The van der Waals surface area contributed by atoms with Crippen molar-refractivity contribution in [1.82, 2.24) is 33.5 Å². The summed E-state index contributed by atoms with van der Waals surface area (Å²) in [5.41, 5.74) is 3.69. The largest absolute Gasteiger partial charge is 0.382 e. The van der Waals surface area contributed by atoms with E-state index in [-0.39, 0.29) is 5.56 Å². The average Bonchev–Trinajstić information content (AvgIpc) is 3.41. The zero-order chi connectivity index (χ0) is 22.9. The van der Waals surface area contributed by atoms with Crippen LogP contribution in [-0.4, -0.2) is 46.7 Å². The minimum atomic E-state index is -0.0594. The lowest BCUT2D eigenvalue weighted by atomic mass is 10.2. The molecule has 5 aromatic rings. The zero-order valence-corrected chi connectivity index (χ0v) is 19.7. The summed E-state index contributed by atoms with van der Waals surface area (Å²) in [5, 5.41) is 10.2. The summed E-state index contributed by atoms with van der Waals surface area (Å²) in [6.07, 6.45) is 2.74. The molecule has 0 amide bonds. The fourth-order valence-corrected chi connectivity index (χ4v) is 4.85. The van der Waals surface area contributed by atoms with Gasteiger partial charge in [0.1, 0.15) is 0 Å². The Hall–Kier alpha value is -3.24. The first-order valence-corrected chi connectivity index (χ1v) is 11.9. The quantitative estimate of drug-likeness (QED) is 0.257. The molecule has 0 unspecified atom stereocenters. The van der Waals surface area contributed by atoms with E-state index in [1.807, 2.05) is 66.1 Å². The van der Waals surface area contributed by atoms with Crippen LogP contribution in [0.2, 0.25) is 0 Å². The first-order chi connectivity index (χ1) is 16.1. The molecule has 0 aliphatic carbocycles. The fourth-order valence-electron chi connectivity index (χ4n) is 4.02. The molecular weight excluding hydrogens is 438 g/mol. The van der Waals surface area contributed by atoms with Crippen molar-refractivity contribution in [3.8, 4) is 0 Å². The normalized spacial score (nSPS) is 11.8. The lowest BCUT2D eigenvalue weighted by Crippen LogP contribution is -2.24. The van der Waals surface area contributed by atoms with Gasteiger partial charge in [0.25, 0.3) is 5.56 Å². The predicted octanol–water partition coefficient (Wildman–Crippen LogP) is 3.42. The Morgan fingerprint density at radius 2 is 1.97 bits per heavy atom. The van der Waals surface area contributed by atoms with Crippen molar-refractivity contribution in [1.29, 1.82) is 0 Å². The number of ether oxygens (including phenoxy) is 1. The van der Waals surface area contributed by atoms with E-state index in [4.69, 9.17) is 4.74 Å². The Balaban J connectivity index is 1.52. The number of aromatic nitrogens is 7.